The smallest absolute Gasteiger partial charge is 0.185 e. The van der Waals surface area contributed by atoms with Gasteiger partial charge >= 0.3 is 0 Å². The molecule has 0 aliphatic heterocycles. The van der Waals surface area contributed by atoms with Crippen molar-refractivity contribution >= 4 is 12.2 Å². The average Bonchev–Trinajstić information content (AvgIpc) is 2.27. The van der Waals surface area contributed by atoms with Gasteiger partial charge in [-0.2, -0.15) is 0 Å². The topological polar surface area (TPSA) is 30.2 Å². The van der Waals surface area contributed by atoms with Crippen molar-refractivity contribution in [2.24, 2.45) is 0 Å². The Hall–Kier alpha value is -2.09. The van der Waals surface area contributed by atoms with Crippen molar-refractivity contribution in [3.63, 3.8) is 0 Å². The fraction of sp³-hybridized carbons (Fsp3) is 0.0714. The van der Waals surface area contributed by atoms with E-state index in [0.29, 0.717) is 11.5 Å². The minimum Gasteiger partial charge on any atom is -0.462 e. The first-order valence-corrected chi connectivity index (χ1v) is 5.09. The fourth-order valence-electron chi connectivity index (χ4n) is 1.45. The summed E-state index contributed by atoms with van der Waals surface area (Å²) in [4.78, 5) is 11.2. The Morgan fingerprint density at radius 2 is 1.81 bits per heavy atom. The Bertz CT molecular complexity index is 550. The SMILES string of the molecule is Cc1cc(=O)cc(/C=C/c2ccccc2)o1. The van der Waals surface area contributed by atoms with Crippen LogP contribution in [0.4, 0.5) is 0 Å². The molecule has 0 saturated carbocycles. The molecule has 0 unspecified atom stereocenters. The lowest BCUT2D eigenvalue weighted by molar-refractivity contribution is 0.505. The molecule has 0 radical (unpaired) electrons. The molecule has 0 atom stereocenters. The van der Waals surface area contributed by atoms with Gasteiger partial charge in [0, 0.05) is 12.1 Å². The molecular weight excluding hydrogens is 200 g/mol. The first-order chi connectivity index (χ1) is 7.74. The van der Waals surface area contributed by atoms with E-state index in [2.05, 4.69) is 0 Å². The van der Waals surface area contributed by atoms with Crippen LogP contribution >= 0.6 is 0 Å². The summed E-state index contributed by atoms with van der Waals surface area (Å²) >= 11 is 0. The first kappa shape index (κ1) is 10.4. The van der Waals surface area contributed by atoms with Crippen LogP contribution in [0.1, 0.15) is 17.1 Å². The molecule has 0 bridgehead atoms. The molecule has 0 fully saturated rings. The number of benzene rings is 1. The Balaban J connectivity index is 2.27. The van der Waals surface area contributed by atoms with E-state index in [1.165, 1.54) is 12.1 Å². The van der Waals surface area contributed by atoms with Crippen molar-refractivity contribution in [2.75, 3.05) is 0 Å². The highest BCUT2D eigenvalue weighted by atomic mass is 16.3. The van der Waals surface area contributed by atoms with Crippen LogP contribution < -0.4 is 5.43 Å². The molecule has 0 aliphatic rings. The molecule has 2 nitrogen and oxygen atoms in total. The summed E-state index contributed by atoms with van der Waals surface area (Å²) in [5.74, 6) is 1.20. The molecule has 16 heavy (non-hydrogen) atoms. The second-order valence-corrected chi connectivity index (χ2v) is 3.55. The van der Waals surface area contributed by atoms with Crippen LogP contribution in [0, 0.1) is 6.92 Å². The van der Waals surface area contributed by atoms with E-state index in [4.69, 9.17) is 4.42 Å². The van der Waals surface area contributed by atoms with Gasteiger partial charge in [0.25, 0.3) is 0 Å². The summed E-state index contributed by atoms with van der Waals surface area (Å²) in [6, 6.07) is 12.8. The largest absolute Gasteiger partial charge is 0.462 e. The minimum atomic E-state index is -0.0311. The highest BCUT2D eigenvalue weighted by Gasteiger charge is 1.94. The molecule has 0 saturated heterocycles. The molecule has 0 amide bonds. The summed E-state index contributed by atoms with van der Waals surface area (Å²) in [7, 11) is 0. The van der Waals surface area contributed by atoms with Crippen molar-refractivity contribution in [1.82, 2.24) is 0 Å². The normalized spacial score (nSPS) is 10.8. The summed E-state index contributed by atoms with van der Waals surface area (Å²) in [5.41, 5.74) is 1.04. The van der Waals surface area contributed by atoms with Gasteiger partial charge in [-0.05, 0) is 18.6 Å². The quantitative estimate of drug-likeness (QED) is 0.765. The van der Waals surface area contributed by atoms with Crippen LogP contribution in [0.5, 0.6) is 0 Å². The molecule has 1 aromatic carbocycles. The van der Waals surface area contributed by atoms with Crippen molar-refractivity contribution in [2.45, 2.75) is 6.92 Å². The number of rotatable bonds is 2. The zero-order chi connectivity index (χ0) is 11.4. The van der Waals surface area contributed by atoms with Gasteiger partial charge in [0.1, 0.15) is 11.5 Å². The standard InChI is InChI=1S/C14H12O2/c1-11-9-13(15)10-14(16-11)8-7-12-5-3-2-4-6-12/h2-10H,1H3/b8-7+. The third kappa shape index (κ3) is 2.70. The van der Waals surface area contributed by atoms with Crippen LogP contribution in [0.3, 0.4) is 0 Å². The van der Waals surface area contributed by atoms with Crippen LogP contribution in [0.25, 0.3) is 12.2 Å². The minimum absolute atomic E-state index is 0.0311. The molecule has 1 heterocycles. The van der Waals surface area contributed by atoms with Gasteiger partial charge in [0.15, 0.2) is 5.43 Å². The van der Waals surface area contributed by atoms with Gasteiger partial charge in [-0.15, -0.1) is 0 Å². The molecule has 0 spiro atoms. The zero-order valence-electron chi connectivity index (χ0n) is 9.01. The number of hydrogen-bond acceptors (Lipinski definition) is 2. The Morgan fingerprint density at radius 1 is 1.06 bits per heavy atom. The van der Waals surface area contributed by atoms with Gasteiger partial charge < -0.3 is 4.42 Å². The molecule has 0 N–H and O–H groups in total. The number of hydrogen-bond donors (Lipinski definition) is 0. The monoisotopic (exact) mass is 212 g/mol. The van der Waals surface area contributed by atoms with Crippen molar-refractivity contribution in [3.8, 4) is 0 Å². The molecular formula is C14H12O2. The molecule has 2 rings (SSSR count). The lowest BCUT2D eigenvalue weighted by atomic mass is 10.2. The van der Waals surface area contributed by atoms with E-state index in [1.807, 2.05) is 36.4 Å². The predicted molar refractivity (Wildman–Crippen MR) is 65.1 cm³/mol. The Morgan fingerprint density at radius 3 is 2.50 bits per heavy atom. The van der Waals surface area contributed by atoms with Crippen LogP contribution in [0.2, 0.25) is 0 Å². The second-order valence-electron chi connectivity index (χ2n) is 3.55. The predicted octanol–water partition coefficient (Wildman–Crippen LogP) is 3.12. The van der Waals surface area contributed by atoms with Crippen molar-refractivity contribution < 1.29 is 4.42 Å². The molecule has 2 heteroatoms. The first-order valence-electron chi connectivity index (χ1n) is 5.09. The third-order valence-corrected chi connectivity index (χ3v) is 2.15. The van der Waals surface area contributed by atoms with E-state index in [0.717, 1.165) is 5.56 Å². The fourth-order valence-corrected chi connectivity index (χ4v) is 1.45. The zero-order valence-corrected chi connectivity index (χ0v) is 9.01. The van der Waals surface area contributed by atoms with Crippen LogP contribution in [-0.2, 0) is 0 Å². The molecule has 1 aromatic heterocycles. The van der Waals surface area contributed by atoms with Gasteiger partial charge in [0.05, 0.1) is 0 Å². The van der Waals surface area contributed by atoms with Gasteiger partial charge in [-0.1, -0.05) is 36.4 Å². The van der Waals surface area contributed by atoms with Gasteiger partial charge in [0.2, 0.25) is 0 Å². The van der Waals surface area contributed by atoms with Crippen molar-refractivity contribution in [1.29, 1.82) is 0 Å². The summed E-state index contributed by atoms with van der Waals surface area (Å²) < 4.78 is 5.39. The Labute approximate surface area is 93.9 Å². The highest BCUT2D eigenvalue weighted by Crippen LogP contribution is 2.07. The highest BCUT2D eigenvalue weighted by molar-refractivity contribution is 5.67. The van der Waals surface area contributed by atoms with Crippen molar-refractivity contribution in [3.05, 3.63) is 69.8 Å². The van der Waals surface area contributed by atoms with E-state index in [-0.39, 0.29) is 5.43 Å². The van der Waals surface area contributed by atoms with Gasteiger partial charge in [-0.25, -0.2) is 0 Å². The van der Waals surface area contributed by atoms with E-state index in [9.17, 15) is 4.79 Å². The van der Waals surface area contributed by atoms with Gasteiger partial charge in [-0.3, -0.25) is 4.79 Å². The lowest BCUT2D eigenvalue weighted by Crippen LogP contribution is -1.97. The maximum absolute atomic E-state index is 11.2. The summed E-state index contributed by atoms with van der Waals surface area (Å²) in [6.07, 6.45) is 3.71. The molecule has 0 aliphatic carbocycles. The third-order valence-electron chi connectivity index (χ3n) is 2.15. The lowest BCUT2D eigenvalue weighted by Gasteiger charge is -1.95. The van der Waals surface area contributed by atoms with E-state index >= 15 is 0 Å². The molecule has 2 aromatic rings. The number of aryl methyl sites for hydroxylation is 1. The maximum atomic E-state index is 11.2. The Kier molecular flexibility index (Phi) is 3.01. The van der Waals surface area contributed by atoms with E-state index < -0.39 is 0 Å². The van der Waals surface area contributed by atoms with Crippen LogP contribution in [0.15, 0.2) is 51.7 Å². The van der Waals surface area contributed by atoms with E-state index in [1.54, 1.807) is 13.0 Å². The summed E-state index contributed by atoms with van der Waals surface area (Å²) in [5, 5.41) is 0. The molecule has 80 valence electrons. The van der Waals surface area contributed by atoms with Crippen LogP contribution in [-0.4, -0.2) is 0 Å². The second kappa shape index (κ2) is 4.62. The summed E-state index contributed by atoms with van der Waals surface area (Å²) in [6.45, 7) is 1.77. The maximum Gasteiger partial charge on any atom is 0.185 e. The average molecular weight is 212 g/mol.